The molecular formula is C19H19F3N4O3. The Morgan fingerprint density at radius 1 is 1.24 bits per heavy atom. The molecule has 2 heterocycles. The number of hydrogen-bond donors (Lipinski definition) is 1. The minimum atomic E-state index is -4.62. The van der Waals surface area contributed by atoms with Gasteiger partial charge in [0.15, 0.2) is 11.8 Å². The topological polar surface area (TPSA) is 78.3 Å². The van der Waals surface area contributed by atoms with E-state index in [9.17, 15) is 18.0 Å². The molecule has 3 rings (SSSR count). The summed E-state index contributed by atoms with van der Waals surface area (Å²) in [5.41, 5.74) is -0.187. The highest BCUT2D eigenvalue weighted by molar-refractivity contribution is 5.94. The molecule has 0 aliphatic rings. The Labute approximate surface area is 164 Å². The molecule has 154 valence electrons. The number of fused-ring (bicyclic) bond motifs is 1. The van der Waals surface area contributed by atoms with Crippen molar-refractivity contribution < 1.29 is 27.4 Å². The molecule has 10 heteroatoms. The first-order valence-electron chi connectivity index (χ1n) is 8.63. The predicted molar refractivity (Wildman–Crippen MR) is 100.0 cm³/mol. The molecule has 0 bridgehead atoms. The number of halogens is 3. The van der Waals surface area contributed by atoms with Crippen molar-refractivity contribution in [3.05, 3.63) is 41.6 Å². The SMILES string of the molecule is COc1ccc(NC(=O)[C@H](C)Oc2cc(C(F)(F)F)c3c(C)nn(C)c3n2)cc1. The van der Waals surface area contributed by atoms with Crippen LogP contribution in [0.5, 0.6) is 11.6 Å². The number of amides is 1. The van der Waals surface area contributed by atoms with Gasteiger partial charge >= 0.3 is 6.18 Å². The number of benzene rings is 1. The van der Waals surface area contributed by atoms with Gasteiger partial charge in [-0.1, -0.05) is 0 Å². The number of nitrogens with one attached hydrogen (secondary N) is 1. The molecule has 2 aromatic heterocycles. The third-order valence-electron chi connectivity index (χ3n) is 4.27. The molecular weight excluding hydrogens is 389 g/mol. The molecule has 0 spiro atoms. The van der Waals surface area contributed by atoms with Crippen molar-refractivity contribution in [1.82, 2.24) is 14.8 Å². The summed E-state index contributed by atoms with van der Waals surface area (Å²) in [6, 6.07) is 7.38. The van der Waals surface area contributed by atoms with Gasteiger partial charge in [0.05, 0.1) is 23.8 Å². The van der Waals surface area contributed by atoms with E-state index >= 15 is 0 Å². The van der Waals surface area contributed by atoms with E-state index < -0.39 is 23.8 Å². The second-order valence-electron chi connectivity index (χ2n) is 6.39. The second-order valence-corrected chi connectivity index (χ2v) is 6.39. The average molecular weight is 408 g/mol. The summed E-state index contributed by atoms with van der Waals surface area (Å²) in [7, 11) is 3.01. The largest absolute Gasteiger partial charge is 0.497 e. The molecule has 7 nitrogen and oxygen atoms in total. The first-order valence-corrected chi connectivity index (χ1v) is 8.63. The Balaban J connectivity index is 1.84. The van der Waals surface area contributed by atoms with Gasteiger partial charge in [-0.05, 0) is 38.1 Å². The standard InChI is InChI=1S/C19H19F3N4O3/c1-10-16-14(19(20,21)22)9-15(24-17(16)26(3)25-10)29-11(2)18(27)23-12-5-7-13(28-4)8-6-12/h5-9,11H,1-4H3,(H,23,27)/t11-/m0/s1. The fraction of sp³-hybridized carbons (Fsp3) is 0.316. The quantitative estimate of drug-likeness (QED) is 0.696. The fourth-order valence-corrected chi connectivity index (χ4v) is 2.86. The Morgan fingerprint density at radius 2 is 1.90 bits per heavy atom. The number of anilines is 1. The number of carbonyl (C=O) groups is 1. The van der Waals surface area contributed by atoms with E-state index in [4.69, 9.17) is 9.47 Å². The summed E-state index contributed by atoms with van der Waals surface area (Å²) >= 11 is 0. The molecule has 1 N–H and O–H groups in total. The van der Waals surface area contributed by atoms with E-state index in [2.05, 4.69) is 15.4 Å². The van der Waals surface area contributed by atoms with Crippen molar-refractivity contribution in [2.75, 3.05) is 12.4 Å². The molecule has 0 aliphatic heterocycles. The van der Waals surface area contributed by atoms with Gasteiger partial charge in [0.2, 0.25) is 5.88 Å². The minimum absolute atomic E-state index is 0.0232. The number of ether oxygens (including phenoxy) is 2. The lowest BCUT2D eigenvalue weighted by Crippen LogP contribution is -2.30. The number of rotatable bonds is 5. The molecule has 0 saturated heterocycles. The Bertz CT molecular complexity index is 1050. The predicted octanol–water partition coefficient (Wildman–Crippen LogP) is 3.71. The number of pyridine rings is 1. The molecule has 1 amide bonds. The van der Waals surface area contributed by atoms with Crippen LogP contribution in [0.4, 0.5) is 18.9 Å². The first-order chi connectivity index (χ1) is 13.6. The lowest BCUT2D eigenvalue weighted by molar-refractivity contribution is -0.136. The molecule has 1 atom stereocenters. The van der Waals surface area contributed by atoms with Gasteiger partial charge in [0, 0.05) is 18.8 Å². The second kappa shape index (κ2) is 7.61. The van der Waals surface area contributed by atoms with E-state index in [1.165, 1.54) is 32.7 Å². The number of nitrogens with zero attached hydrogens (tertiary/aromatic N) is 3. The van der Waals surface area contributed by atoms with Crippen LogP contribution in [0.1, 0.15) is 18.2 Å². The van der Waals surface area contributed by atoms with E-state index in [1.54, 1.807) is 24.3 Å². The molecule has 3 aromatic rings. The van der Waals surface area contributed by atoms with Gasteiger partial charge in [0.1, 0.15) is 5.75 Å². The van der Waals surface area contributed by atoms with Crippen LogP contribution >= 0.6 is 0 Å². The van der Waals surface area contributed by atoms with Gasteiger partial charge < -0.3 is 14.8 Å². The fourth-order valence-electron chi connectivity index (χ4n) is 2.86. The van der Waals surface area contributed by atoms with E-state index in [0.29, 0.717) is 11.4 Å². The zero-order chi connectivity index (χ0) is 21.3. The highest BCUT2D eigenvalue weighted by Crippen LogP contribution is 2.37. The zero-order valence-electron chi connectivity index (χ0n) is 16.2. The molecule has 0 radical (unpaired) electrons. The van der Waals surface area contributed by atoms with Crippen molar-refractivity contribution in [2.24, 2.45) is 7.05 Å². The molecule has 1 aromatic carbocycles. The molecule has 0 aliphatic carbocycles. The van der Waals surface area contributed by atoms with Gasteiger partial charge in [-0.15, -0.1) is 0 Å². The van der Waals surface area contributed by atoms with Crippen LogP contribution in [0.25, 0.3) is 11.0 Å². The van der Waals surface area contributed by atoms with Crippen molar-refractivity contribution in [1.29, 1.82) is 0 Å². The summed E-state index contributed by atoms with van der Waals surface area (Å²) in [4.78, 5) is 16.5. The lowest BCUT2D eigenvalue weighted by Gasteiger charge is -2.16. The van der Waals surface area contributed by atoms with Gasteiger partial charge in [0.25, 0.3) is 5.91 Å². The first kappa shape index (κ1) is 20.4. The van der Waals surface area contributed by atoms with Crippen LogP contribution in [0, 0.1) is 6.92 Å². The molecule has 0 unspecified atom stereocenters. The number of aryl methyl sites for hydroxylation is 2. The maximum Gasteiger partial charge on any atom is 0.417 e. The monoisotopic (exact) mass is 408 g/mol. The number of alkyl halides is 3. The van der Waals surface area contributed by atoms with Crippen LogP contribution in [-0.4, -0.2) is 33.9 Å². The van der Waals surface area contributed by atoms with Gasteiger partial charge in [-0.2, -0.15) is 23.3 Å². The summed E-state index contributed by atoms with van der Waals surface area (Å²) < 4.78 is 52.3. The third-order valence-corrected chi connectivity index (χ3v) is 4.27. The van der Waals surface area contributed by atoms with Crippen LogP contribution in [0.15, 0.2) is 30.3 Å². The zero-order valence-corrected chi connectivity index (χ0v) is 16.2. The van der Waals surface area contributed by atoms with Crippen LogP contribution in [0.2, 0.25) is 0 Å². The van der Waals surface area contributed by atoms with Crippen molar-refractivity contribution in [3.63, 3.8) is 0 Å². The van der Waals surface area contributed by atoms with Gasteiger partial charge in [-0.3, -0.25) is 9.48 Å². The third kappa shape index (κ3) is 4.25. The van der Waals surface area contributed by atoms with Crippen molar-refractivity contribution in [3.8, 4) is 11.6 Å². The minimum Gasteiger partial charge on any atom is -0.497 e. The maximum absolute atomic E-state index is 13.5. The molecule has 29 heavy (non-hydrogen) atoms. The van der Waals surface area contributed by atoms with E-state index in [1.807, 2.05) is 0 Å². The summed E-state index contributed by atoms with van der Waals surface area (Å²) in [5, 5.41) is 6.53. The number of hydrogen-bond acceptors (Lipinski definition) is 5. The maximum atomic E-state index is 13.5. The average Bonchev–Trinajstić information content (AvgIpc) is 2.94. The van der Waals surface area contributed by atoms with Crippen LogP contribution in [-0.2, 0) is 18.0 Å². The Morgan fingerprint density at radius 3 is 2.48 bits per heavy atom. The number of aromatic nitrogens is 3. The van der Waals surface area contributed by atoms with Crippen molar-refractivity contribution >= 4 is 22.6 Å². The smallest absolute Gasteiger partial charge is 0.417 e. The van der Waals surface area contributed by atoms with Crippen LogP contribution in [0.3, 0.4) is 0 Å². The Hall–Kier alpha value is -3.30. The summed E-state index contributed by atoms with van der Waals surface area (Å²) in [6.45, 7) is 2.90. The van der Waals surface area contributed by atoms with Crippen molar-refractivity contribution in [2.45, 2.75) is 26.1 Å². The summed E-state index contributed by atoms with van der Waals surface area (Å²) in [5.74, 6) is -0.229. The number of carbonyl (C=O) groups excluding carboxylic acids is 1. The van der Waals surface area contributed by atoms with Gasteiger partial charge in [-0.25, -0.2) is 0 Å². The number of methoxy groups -OCH3 is 1. The molecule has 0 fully saturated rings. The highest BCUT2D eigenvalue weighted by atomic mass is 19.4. The Kier molecular flexibility index (Phi) is 5.36. The normalized spacial score (nSPS) is 12.7. The lowest BCUT2D eigenvalue weighted by atomic mass is 10.1. The van der Waals surface area contributed by atoms with E-state index in [0.717, 1.165) is 6.07 Å². The van der Waals surface area contributed by atoms with Crippen LogP contribution < -0.4 is 14.8 Å². The highest BCUT2D eigenvalue weighted by Gasteiger charge is 2.36. The molecule has 0 saturated carbocycles. The summed E-state index contributed by atoms with van der Waals surface area (Å²) in [6.07, 6.45) is -5.71. The van der Waals surface area contributed by atoms with E-state index in [-0.39, 0.29) is 22.6 Å².